The van der Waals surface area contributed by atoms with Gasteiger partial charge in [-0.2, -0.15) is 11.8 Å². The monoisotopic (exact) mass is 345 g/mol. The molecule has 5 nitrogen and oxygen atoms in total. The van der Waals surface area contributed by atoms with Crippen LogP contribution in [0.3, 0.4) is 0 Å². The third-order valence-electron chi connectivity index (χ3n) is 4.38. The van der Waals surface area contributed by atoms with Gasteiger partial charge in [0.15, 0.2) is 5.69 Å². The van der Waals surface area contributed by atoms with Gasteiger partial charge in [0, 0.05) is 0 Å². The van der Waals surface area contributed by atoms with Crippen LogP contribution in [-0.4, -0.2) is 22.9 Å². The molecule has 1 aliphatic rings. The molecule has 0 aliphatic heterocycles. The summed E-state index contributed by atoms with van der Waals surface area (Å²) in [4.78, 5) is 16.8. The maximum atomic E-state index is 12.5. The number of nitrogens with one attached hydrogen (secondary N) is 1. The number of aryl methyl sites for hydroxylation is 1. The van der Waals surface area contributed by atoms with Crippen molar-refractivity contribution < 1.29 is 9.21 Å². The van der Waals surface area contributed by atoms with Crippen molar-refractivity contribution in [3.05, 3.63) is 53.2 Å². The average Bonchev–Trinajstić information content (AvgIpc) is 3.10. The van der Waals surface area contributed by atoms with Crippen molar-refractivity contribution >= 4 is 17.7 Å². The minimum atomic E-state index is -0.269. The molecule has 128 valence electrons. The van der Waals surface area contributed by atoms with Crippen LogP contribution in [0.1, 0.15) is 58.9 Å². The molecule has 0 radical (unpaired) electrons. The number of carbonyl (C=O) groups excluding carboxylic acids is 1. The maximum Gasteiger partial charge on any atom is 0.273 e. The van der Waals surface area contributed by atoms with Crippen LogP contribution < -0.4 is 11.1 Å². The molecule has 0 spiro atoms. The van der Waals surface area contributed by atoms with Gasteiger partial charge < -0.3 is 15.5 Å². The lowest BCUT2D eigenvalue weighted by Crippen LogP contribution is -2.31. The van der Waals surface area contributed by atoms with Crippen LogP contribution in [0.25, 0.3) is 0 Å². The van der Waals surface area contributed by atoms with Crippen molar-refractivity contribution in [1.29, 1.82) is 0 Å². The van der Waals surface area contributed by atoms with E-state index in [1.54, 1.807) is 11.8 Å². The van der Waals surface area contributed by atoms with Gasteiger partial charge in [-0.1, -0.05) is 24.3 Å². The first-order valence-corrected chi connectivity index (χ1v) is 9.67. The average molecular weight is 345 g/mol. The zero-order valence-corrected chi connectivity index (χ0v) is 14.6. The Morgan fingerprint density at radius 1 is 1.50 bits per heavy atom. The molecule has 2 aromatic rings. The van der Waals surface area contributed by atoms with Crippen LogP contribution in [0.15, 0.2) is 34.9 Å². The molecular formula is C18H23N3O2S. The van der Waals surface area contributed by atoms with E-state index in [0.29, 0.717) is 11.6 Å². The Morgan fingerprint density at radius 2 is 2.33 bits per heavy atom. The van der Waals surface area contributed by atoms with Crippen molar-refractivity contribution in [3.8, 4) is 0 Å². The van der Waals surface area contributed by atoms with E-state index in [4.69, 9.17) is 10.2 Å². The van der Waals surface area contributed by atoms with Crippen LogP contribution in [0.5, 0.6) is 0 Å². The molecule has 3 N–H and O–H groups in total. The van der Waals surface area contributed by atoms with Gasteiger partial charge in [-0.05, 0) is 48.8 Å². The third-order valence-corrected chi connectivity index (χ3v) is 5.02. The molecule has 2 atom stereocenters. The Morgan fingerprint density at radius 3 is 3.17 bits per heavy atom. The number of hydrogen-bond donors (Lipinski definition) is 2. The predicted molar refractivity (Wildman–Crippen MR) is 96.0 cm³/mol. The predicted octanol–water partition coefficient (Wildman–Crippen LogP) is 3.23. The van der Waals surface area contributed by atoms with Crippen LogP contribution >= 0.6 is 11.8 Å². The molecule has 0 bridgehead atoms. The van der Waals surface area contributed by atoms with E-state index in [1.165, 1.54) is 17.4 Å². The van der Waals surface area contributed by atoms with Gasteiger partial charge >= 0.3 is 0 Å². The molecule has 3 rings (SSSR count). The van der Waals surface area contributed by atoms with Crippen molar-refractivity contribution in [3.63, 3.8) is 0 Å². The van der Waals surface area contributed by atoms with Gasteiger partial charge in [-0.3, -0.25) is 4.79 Å². The number of thioether (sulfide) groups is 1. The molecule has 1 heterocycles. The first-order valence-electron chi connectivity index (χ1n) is 8.27. The lowest BCUT2D eigenvalue weighted by molar-refractivity contribution is 0.0927. The lowest BCUT2D eigenvalue weighted by atomic mass is 9.88. The zero-order valence-electron chi connectivity index (χ0n) is 13.8. The molecule has 1 aromatic carbocycles. The number of amides is 1. The van der Waals surface area contributed by atoms with Crippen molar-refractivity contribution in [2.24, 2.45) is 5.73 Å². The number of oxazole rings is 1. The molecule has 1 aromatic heterocycles. The van der Waals surface area contributed by atoms with E-state index in [-0.39, 0.29) is 18.0 Å². The van der Waals surface area contributed by atoms with Crippen molar-refractivity contribution in [2.75, 3.05) is 12.0 Å². The lowest BCUT2D eigenvalue weighted by Gasteiger charge is -2.25. The van der Waals surface area contributed by atoms with E-state index in [9.17, 15) is 4.79 Å². The summed E-state index contributed by atoms with van der Waals surface area (Å²) in [5.74, 6) is 1.16. The van der Waals surface area contributed by atoms with Gasteiger partial charge in [0.25, 0.3) is 5.91 Å². The summed E-state index contributed by atoms with van der Waals surface area (Å²) in [6, 6.07) is 8.05. The Bertz CT molecular complexity index is 701. The highest BCUT2D eigenvalue weighted by Crippen LogP contribution is 2.29. The number of hydrogen-bond acceptors (Lipinski definition) is 5. The standard InChI is InChI=1S/C18H23N3O2S/c1-24-10-9-14(19)18-21-16(11-23-18)17(22)20-15-8-4-6-12-5-2-3-7-13(12)15/h2-3,5,7,11,14-15H,4,6,8-10,19H2,1H3,(H,20,22). The molecule has 1 amide bonds. The molecular weight excluding hydrogens is 322 g/mol. The molecule has 1 aliphatic carbocycles. The number of fused-ring (bicyclic) bond motifs is 1. The fourth-order valence-corrected chi connectivity index (χ4v) is 3.56. The SMILES string of the molecule is CSCCC(N)c1nc(C(=O)NC2CCCc3ccccc32)co1. The van der Waals surface area contributed by atoms with Gasteiger partial charge in [0.2, 0.25) is 5.89 Å². The number of nitrogens with two attached hydrogens (primary N) is 1. The fraction of sp³-hybridized carbons (Fsp3) is 0.444. The Balaban J connectivity index is 1.67. The first-order chi connectivity index (χ1) is 11.7. The van der Waals surface area contributed by atoms with Crippen LogP contribution in [0, 0.1) is 0 Å². The highest BCUT2D eigenvalue weighted by Gasteiger charge is 2.24. The Labute approximate surface area is 146 Å². The smallest absolute Gasteiger partial charge is 0.273 e. The quantitative estimate of drug-likeness (QED) is 0.840. The van der Waals surface area contributed by atoms with E-state index in [0.717, 1.165) is 31.4 Å². The Kier molecular flexibility index (Phi) is 5.58. The van der Waals surface area contributed by atoms with Gasteiger partial charge in [0.05, 0.1) is 12.1 Å². The van der Waals surface area contributed by atoms with Gasteiger partial charge in [0.1, 0.15) is 6.26 Å². The molecule has 6 heteroatoms. The molecule has 0 saturated heterocycles. The molecule has 0 fully saturated rings. The van der Waals surface area contributed by atoms with E-state index < -0.39 is 0 Å². The van der Waals surface area contributed by atoms with Crippen LogP contribution in [-0.2, 0) is 6.42 Å². The number of carbonyl (C=O) groups is 1. The highest BCUT2D eigenvalue weighted by molar-refractivity contribution is 7.98. The number of rotatable bonds is 6. The van der Waals surface area contributed by atoms with Crippen molar-refractivity contribution in [1.82, 2.24) is 10.3 Å². The second-order valence-corrected chi connectivity index (χ2v) is 7.06. The second kappa shape index (κ2) is 7.85. The van der Waals surface area contributed by atoms with Crippen LogP contribution in [0.2, 0.25) is 0 Å². The second-order valence-electron chi connectivity index (χ2n) is 6.08. The minimum Gasteiger partial charge on any atom is -0.446 e. The molecule has 2 unspecified atom stereocenters. The summed E-state index contributed by atoms with van der Waals surface area (Å²) in [7, 11) is 0. The molecule has 0 saturated carbocycles. The largest absolute Gasteiger partial charge is 0.446 e. The summed E-state index contributed by atoms with van der Waals surface area (Å²) in [6.45, 7) is 0. The maximum absolute atomic E-state index is 12.5. The number of benzene rings is 1. The molecule has 24 heavy (non-hydrogen) atoms. The van der Waals surface area contributed by atoms with Crippen LogP contribution in [0.4, 0.5) is 0 Å². The minimum absolute atomic E-state index is 0.0350. The first kappa shape index (κ1) is 17.0. The van der Waals surface area contributed by atoms with E-state index in [2.05, 4.69) is 22.4 Å². The van der Waals surface area contributed by atoms with E-state index >= 15 is 0 Å². The highest BCUT2D eigenvalue weighted by atomic mass is 32.2. The summed E-state index contributed by atoms with van der Waals surface area (Å²) >= 11 is 1.73. The van der Waals surface area contributed by atoms with Gasteiger partial charge in [-0.15, -0.1) is 0 Å². The zero-order chi connectivity index (χ0) is 16.9. The number of nitrogens with zero attached hydrogens (tertiary/aromatic N) is 1. The topological polar surface area (TPSA) is 81.1 Å². The van der Waals surface area contributed by atoms with E-state index in [1.807, 2.05) is 18.4 Å². The fourth-order valence-electron chi connectivity index (χ4n) is 3.07. The third kappa shape index (κ3) is 3.82. The Hall–Kier alpha value is -1.79. The summed E-state index contributed by atoms with van der Waals surface area (Å²) in [6.07, 6.45) is 7.30. The normalized spacial score (nSPS) is 18.0. The summed E-state index contributed by atoms with van der Waals surface area (Å²) in [5.41, 5.74) is 8.86. The summed E-state index contributed by atoms with van der Waals surface area (Å²) in [5, 5.41) is 3.08. The summed E-state index contributed by atoms with van der Waals surface area (Å²) < 4.78 is 5.40. The number of aromatic nitrogens is 1. The van der Waals surface area contributed by atoms with Gasteiger partial charge in [-0.25, -0.2) is 4.98 Å². The van der Waals surface area contributed by atoms with Crippen molar-refractivity contribution in [2.45, 2.75) is 37.8 Å².